The average Bonchev–Trinajstić information content (AvgIpc) is 2.66. The quantitative estimate of drug-likeness (QED) is 0.711. The van der Waals surface area contributed by atoms with E-state index in [0.29, 0.717) is 39.0 Å². The van der Waals surface area contributed by atoms with Crippen molar-refractivity contribution in [2.45, 2.75) is 49.9 Å². The lowest BCUT2D eigenvalue weighted by atomic mass is 9.80. The summed E-state index contributed by atoms with van der Waals surface area (Å²) in [5.41, 5.74) is 2.21. The van der Waals surface area contributed by atoms with Gasteiger partial charge in [-0.2, -0.15) is 0 Å². The molecule has 1 amide bonds. The van der Waals surface area contributed by atoms with Crippen LogP contribution < -0.4 is 5.32 Å². The third-order valence-corrected chi connectivity index (χ3v) is 5.91. The molecule has 2 fully saturated rings. The fourth-order valence-electron chi connectivity index (χ4n) is 4.36. The highest BCUT2D eigenvalue weighted by Gasteiger charge is 2.48. The number of carbonyl (C=O) groups is 1. The maximum Gasteiger partial charge on any atom is 0.255 e. The summed E-state index contributed by atoms with van der Waals surface area (Å²) in [7, 11) is 0. The minimum absolute atomic E-state index is 0.0342. The summed E-state index contributed by atoms with van der Waals surface area (Å²) in [6.45, 7) is 2.43. The van der Waals surface area contributed by atoms with Gasteiger partial charge >= 0.3 is 0 Å². The van der Waals surface area contributed by atoms with Crippen molar-refractivity contribution in [1.82, 2.24) is 4.90 Å². The Morgan fingerprint density at radius 1 is 1.28 bits per heavy atom. The topological polar surface area (TPSA) is 82.0 Å². The molecule has 0 aliphatic carbocycles. The van der Waals surface area contributed by atoms with E-state index in [9.17, 15) is 15.0 Å². The van der Waals surface area contributed by atoms with Crippen LogP contribution in [0.25, 0.3) is 0 Å². The Bertz CT molecular complexity index is 655. The Morgan fingerprint density at radius 2 is 2.08 bits per heavy atom. The van der Waals surface area contributed by atoms with E-state index in [4.69, 9.17) is 4.74 Å². The first-order chi connectivity index (χ1) is 12.1. The first-order valence-corrected chi connectivity index (χ1v) is 9.26. The number of nitrogens with one attached hydrogen (secondary N) is 1. The van der Waals surface area contributed by atoms with Crippen LogP contribution in [-0.2, 0) is 11.2 Å². The fraction of sp³-hybridized carbons (Fsp3) is 0.632. The van der Waals surface area contributed by atoms with E-state index in [1.54, 1.807) is 0 Å². The van der Waals surface area contributed by atoms with Gasteiger partial charge in [-0.1, -0.05) is 12.1 Å². The number of anilines is 1. The summed E-state index contributed by atoms with van der Waals surface area (Å²) in [4.78, 5) is 14.9. The Hall–Kier alpha value is -1.63. The molecule has 1 aromatic rings. The van der Waals surface area contributed by atoms with Crippen molar-refractivity contribution in [2.24, 2.45) is 0 Å². The van der Waals surface area contributed by atoms with Crippen molar-refractivity contribution in [3.8, 4) is 0 Å². The molecule has 0 aromatic heterocycles. The third-order valence-electron chi connectivity index (χ3n) is 5.91. The Morgan fingerprint density at radius 3 is 2.88 bits per heavy atom. The number of piperidine rings is 1. The number of aliphatic hydroxyl groups excluding tert-OH is 2. The zero-order valence-electron chi connectivity index (χ0n) is 14.4. The van der Waals surface area contributed by atoms with Crippen LogP contribution in [-0.4, -0.2) is 65.1 Å². The van der Waals surface area contributed by atoms with Crippen molar-refractivity contribution in [2.75, 3.05) is 31.6 Å². The van der Waals surface area contributed by atoms with E-state index in [1.165, 1.54) is 5.56 Å². The SMILES string of the molecule is O=C(c1cccc2c1NCCC2)N1CCC2(CC1)OCC[C@H](O)[C@@H]2O. The summed E-state index contributed by atoms with van der Waals surface area (Å²) < 4.78 is 5.85. The second-order valence-electron chi connectivity index (χ2n) is 7.38. The number of amides is 1. The van der Waals surface area contributed by atoms with Crippen LogP contribution >= 0.6 is 0 Å². The second kappa shape index (κ2) is 6.59. The van der Waals surface area contributed by atoms with Gasteiger partial charge in [0.1, 0.15) is 6.10 Å². The van der Waals surface area contributed by atoms with Crippen LogP contribution in [0.1, 0.15) is 41.6 Å². The predicted octanol–water partition coefficient (Wildman–Crippen LogP) is 1.16. The first kappa shape index (κ1) is 16.8. The molecule has 4 rings (SSSR count). The molecule has 1 aromatic carbocycles. The molecule has 0 saturated carbocycles. The summed E-state index contributed by atoms with van der Waals surface area (Å²) in [6.07, 6.45) is 2.07. The summed E-state index contributed by atoms with van der Waals surface area (Å²) in [6, 6.07) is 5.92. The number of para-hydroxylation sites is 1. The number of likely N-dealkylation sites (tertiary alicyclic amines) is 1. The van der Waals surface area contributed by atoms with Gasteiger partial charge in [0, 0.05) is 19.6 Å². The number of ether oxygens (including phenoxy) is 1. The van der Waals surface area contributed by atoms with E-state index in [2.05, 4.69) is 11.4 Å². The lowest BCUT2D eigenvalue weighted by molar-refractivity contribution is -0.212. The van der Waals surface area contributed by atoms with Gasteiger partial charge in [0.05, 0.1) is 29.6 Å². The number of hydrogen-bond donors (Lipinski definition) is 3. The molecule has 3 N–H and O–H groups in total. The molecule has 6 heteroatoms. The monoisotopic (exact) mass is 346 g/mol. The van der Waals surface area contributed by atoms with Crippen molar-refractivity contribution in [3.63, 3.8) is 0 Å². The summed E-state index contributed by atoms with van der Waals surface area (Å²) >= 11 is 0. The molecular weight excluding hydrogens is 320 g/mol. The zero-order valence-corrected chi connectivity index (χ0v) is 14.4. The number of benzene rings is 1. The molecule has 2 saturated heterocycles. The van der Waals surface area contributed by atoms with Gasteiger partial charge in [-0.25, -0.2) is 0 Å². The van der Waals surface area contributed by atoms with Gasteiger partial charge in [0.25, 0.3) is 5.91 Å². The normalized spacial score (nSPS) is 28.3. The fourth-order valence-corrected chi connectivity index (χ4v) is 4.36. The number of fused-ring (bicyclic) bond motifs is 1. The van der Waals surface area contributed by atoms with Gasteiger partial charge in [0.2, 0.25) is 0 Å². The van der Waals surface area contributed by atoms with Gasteiger partial charge in [0.15, 0.2) is 0 Å². The Kier molecular flexibility index (Phi) is 4.43. The molecule has 0 unspecified atom stereocenters. The van der Waals surface area contributed by atoms with E-state index < -0.39 is 17.8 Å². The summed E-state index contributed by atoms with van der Waals surface area (Å²) in [5.74, 6) is 0.0342. The van der Waals surface area contributed by atoms with Gasteiger partial charge < -0.3 is 25.2 Å². The Balaban J connectivity index is 1.49. The number of carbonyl (C=O) groups excluding carboxylic acids is 1. The molecule has 25 heavy (non-hydrogen) atoms. The van der Waals surface area contributed by atoms with Crippen LogP contribution in [0.5, 0.6) is 0 Å². The van der Waals surface area contributed by atoms with Crippen LogP contribution in [0.15, 0.2) is 18.2 Å². The van der Waals surface area contributed by atoms with Gasteiger partial charge in [-0.05, 0) is 43.7 Å². The van der Waals surface area contributed by atoms with Crippen molar-refractivity contribution >= 4 is 11.6 Å². The molecule has 3 heterocycles. The van der Waals surface area contributed by atoms with E-state index >= 15 is 0 Å². The largest absolute Gasteiger partial charge is 0.390 e. The molecular formula is C19H26N2O4. The van der Waals surface area contributed by atoms with E-state index in [-0.39, 0.29) is 5.91 Å². The second-order valence-corrected chi connectivity index (χ2v) is 7.38. The minimum Gasteiger partial charge on any atom is -0.390 e. The smallest absolute Gasteiger partial charge is 0.255 e. The Labute approximate surface area is 147 Å². The lowest BCUT2D eigenvalue weighted by Gasteiger charge is -2.48. The molecule has 136 valence electrons. The number of nitrogens with zero attached hydrogens (tertiary/aromatic N) is 1. The van der Waals surface area contributed by atoms with Crippen molar-refractivity contribution in [3.05, 3.63) is 29.3 Å². The highest BCUT2D eigenvalue weighted by Crippen LogP contribution is 2.36. The molecule has 3 aliphatic heterocycles. The number of aryl methyl sites for hydroxylation is 1. The molecule has 2 atom stereocenters. The van der Waals surface area contributed by atoms with Gasteiger partial charge in [-0.15, -0.1) is 0 Å². The predicted molar refractivity (Wildman–Crippen MR) is 93.7 cm³/mol. The number of aliphatic hydroxyl groups is 2. The van der Waals surface area contributed by atoms with Crippen molar-refractivity contribution in [1.29, 1.82) is 0 Å². The van der Waals surface area contributed by atoms with Crippen LogP contribution in [0, 0.1) is 0 Å². The van der Waals surface area contributed by atoms with Gasteiger partial charge in [-0.3, -0.25) is 4.79 Å². The van der Waals surface area contributed by atoms with Crippen LogP contribution in [0.3, 0.4) is 0 Å². The maximum atomic E-state index is 13.0. The number of rotatable bonds is 1. The van der Waals surface area contributed by atoms with E-state index in [0.717, 1.165) is 30.6 Å². The number of hydrogen-bond acceptors (Lipinski definition) is 5. The molecule has 1 spiro atoms. The molecule has 0 radical (unpaired) electrons. The third kappa shape index (κ3) is 2.92. The zero-order chi connectivity index (χ0) is 17.4. The molecule has 6 nitrogen and oxygen atoms in total. The molecule has 0 bridgehead atoms. The first-order valence-electron chi connectivity index (χ1n) is 9.26. The minimum atomic E-state index is -0.871. The molecule has 3 aliphatic rings. The standard InChI is InChI=1S/C19H26N2O4/c22-15-6-12-25-19(17(15)23)7-10-21(11-8-19)18(24)14-5-1-3-13-4-2-9-20-16(13)14/h1,3,5,15,17,20,22-23H,2,4,6-12H2/t15-,17-/m0/s1. The van der Waals surface area contributed by atoms with Crippen molar-refractivity contribution < 1.29 is 19.7 Å². The highest BCUT2D eigenvalue weighted by atomic mass is 16.5. The van der Waals surface area contributed by atoms with Crippen LogP contribution in [0.2, 0.25) is 0 Å². The summed E-state index contributed by atoms with van der Waals surface area (Å²) in [5, 5.41) is 23.7. The van der Waals surface area contributed by atoms with Crippen LogP contribution in [0.4, 0.5) is 5.69 Å². The van der Waals surface area contributed by atoms with E-state index in [1.807, 2.05) is 17.0 Å². The average molecular weight is 346 g/mol. The maximum absolute atomic E-state index is 13.0. The highest BCUT2D eigenvalue weighted by molar-refractivity contribution is 6.00. The lowest BCUT2D eigenvalue weighted by Crippen LogP contribution is -2.60.